The Morgan fingerprint density at radius 3 is 2.38 bits per heavy atom. The Morgan fingerprint density at radius 1 is 1.07 bits per heavy atom. The summed E-state index contributed by atoms with van der Waals surface area (Å²) >= 11 is 0. The van der Waals surface area contributed by atoms with E-state index in [1.807, 2.05) is 32.9 Å². The lowest BCUT2D eigenvalue weighted by atomic mass is 10.1. The van der Waals surface area contributed by atoms with E-state index in [1.165, 1.54) is 4.68 Å². The fourth-order valence-electron chi connectivity index (χ4n) is 2.89. The van der Waals surface area contributed by atoms with Crippen molar-refractivity contribution in [2.45, 2.75) is 27.3 Å². The van der Waals surface area contributed by atoms with Gasteiger partial charge in [0.15, 0.2) is 12.3 Å². The summed E-state index contributed by atoms with van der Waals surface area (Å²) in [7, 11) is 0. The number of nitrogens with one attached hydrogen (secondary N) is 1. The van der Waals surface area contributed by atoms with Crippen molar-refractivity contribution in [1.82, 2.24) is 9.78 Å². The Kier molecular flexibility index (Phi) is 6.07. The average Bonchev–Trinajstić information content (AvgIpc) is 2.70. The van der Waals surface area contributed by atoms with Gasteiger partial charge in [0.05, 0.1) is 5.39 Å². The number of ether oxygens (including phenoxy) is 1. The summed E-state index contributed by atoms with van der Waals surface area (Å²) in [6.45, 7) is 5.78. The summed E-state index contributed by atoms with van der Waals surface area (Å²) < 4.78 is 6.44. The molecular weight excluding hydrogens is 370 g/mol. The van der Waals surface area contributed by atoms with Crippen LogP contribution in [0.4, 0.5) is 5.69 Å². The predicted molar refractivity (Wildman–Crippen MR) is 111 cm³/mol. The minimum Gasteiger partial charge on any atom is -0.451 e. The third-order valence-corrected chi connectivity index (χ3v) is 4.27. The molecule has 0 atom stereocenters. The zero-order valence-corrected chi connectivity index (χ0v) is 16.6. The molecule has 3 rings (SSSR count). The molecule has 29 heavy (non-hydrogen) atoms. The van der Waals surface area contributed by atoms with Gasteiger partial charge in [-0.15, -0.1) is 0 Å². The first-order valence-corrected chi connectivity index (χ1v) is 9.38. The lowest BCUT2D eigenvalue weighted by Gasteiger charge is -2.12. The minimum absolute atomic E-state index is 0.0176. The number of esters is 1. The lowest BCUT2D eigenvalue weighted by Crippen LogP contribution is -2.29. The van der Waals surface area contributed by atoms with Crippen molar-refractivity contribution in [2.24, 2.45) is 5.92 Å². The molecule has 1 heterocycles. The molecule has 0 unspecified atom stereocenters. The number of carbonyl (C=O) groups excluding carboxylic acids is 2. The summed E-state index contributed by atoms with van der Waals surface area (Å²) in [6, 6.07) is 14.0. The first kappa shape index (κ1) is 20.3. The fourth-order valence-corrected chi connectivity index (χ4v) is 2.89. The molecule has 7 nitrogen and oxygen atoms in total. The topological polar surface area (TPSA) is 90.3 Å². The first-order valence-electron chi connectivity index (χ1n) is 9.38. The van der Waals surface area contributed by atoms with Gasteiger partial charge in [0.25, 0.3) is 11.5 Å². The summed E-state index contributed by atoms with van der Waals surface area (Å²) in [5.74, 6) is -1.04. The zero-order chi connectivity index (χ0) is 21.0. The van der Waals surface area contributed by atoms with Crippen LogP contribution in [0.3, 0.4) is 0 Å². The number of anilines is 1. The first-order chi connectivity index (χ1) is 13.8. The molecule has 0 radical (unpaired) electrons. The van der Waals surface area contributed by atoms with Crippen LogP contribution >= 0.6 is 0 Å². The third kappa shape index (κ3) is 4.87. The number of carbonyl (C=O) groups is 2. The van der Waals surface area contributed by atoms with Crippen molar-refractivity contribution >= 4 is 28.3 Å². The molecule has 1 N–H and O–H groups in total. The van der Waals surface area contributed by atoms with E-state index in [0.29, 0.717) is 23.0 Å². The number of amides is 1. The minimum atomic E-state index is -0.752. The number of hydrogen-bond donors (Lipinski definition) is 1. The normalized spacial score (nSPS) is 10.9. The van der Waals surface area contributed by atoms with Crippen molar-refractivity contribution in [1.29, 1.82) is 0 Å². The summed E-state index contributed by atoms with van der Waals surface area (Å²) in [5, 5.41) is 7.67. The van der Waals surface area contributed by atoms with Crippen LogP contribution in [0.15, 0.2) is 53.3 Å². The maximum absolute atomic E-state index is 12.6. The van der Waals surface area contributed by atoms with Crippen LogP contribution in [0.25, 0.3) is 10.8 Å². The van der Waals surface area contributed by atoms with Gasteiger partial charge in [-0.1, -0.05) is 49.7 Å². The Hall–Kier alpha value is -3.48. The van der Waals surface area contributed by atoms with Crippen LogP contribution in [0.5, 0.6) is 0 Å². The van der Waals surface area contributed by atoms with Crippen LogP contribution in [-0.2, 0) is 16.1 Å². The van der Waals surface area contributed by atoms with Gasteiger partial charge in [-0.05, 0) is 31.0 Å². The summed E-state index contributed by atoms with van der Waals surface area (Å²) in [6.07, 6.45) is 0. The molecule has 150 valence electrons. The second-order valence-electron chi connectivity index (χ2n) is 7.27. The van der Waals surface area contributed by atoms with Gasteiger partial charge in [0, 0.05) is 17.6 Å². The number of fused-ring (bicyclic) bond motifs is 1. The van der Waals surface area contributed by atoms with Crippen molar-refractivity contribution in [3.8, 4) is 0 Å². The van der Waals surface area contributed by atoms with E-state index in [1.54, 1.807) is 36.4 Å². The SMILES string of the molecule is Cc1ccc(NC(=O)COC(=O)c2nn(CC(C)C)c(=O)c3ccccc23)cc1. The molecule has 0 saturated carbocycles. The molecule has 0 aliphatic rings. The molecule has 0 aliphatic carbocycles. The van der Waals surface area contributed by atoms with Crippen LogP contribution in [0, 0.1) is 12.8 Å². The molecule has 3 aromatic rings. The van der Waals surface area contributed by atoms with Gasteiger partial charge in [-0.2, -0.15) is 5.10 Å². The van der Waals surface area contributed by atoms with E-state index >= 15 is 0 Å². The number of rotatable bonds is 6. The van der Waals surface area contributed by atoms with Gasteiger partial charge < -0.3 is 10.1 Å². The quantitative estimate of drug-likeness (QED) is 0.650. The third-order valence-electron chi connectivity index (χ3n) is 4.27. The molecule has 7 heteroatoms. The maximum atomic E-state index is 12.6. The van der Waals surface area contributed by atoms with E-state index in [-0.39, 0.29) is 17.2 Å². The van der Waals surface area contributed by atoms with Crippen molar-refractivity contribution in [3.63, 3.8) is 0 Å². The number of benzene rings is 2. The molecule has 0 bridgehead atoms. The molecule has 1 aromatic heterocycles. The van der Waals surface area contributed by atoms with Gasteiger partial charge in [0.2, 0.25) is 0 Å². The molecule has 0 aliphatic heterocycles. The van der Waals surface area contributed by atoms with E-state index < -0.39 is 18.5 Å². The van der Waals surface area contributed by atoms with E-state index in [4.69, 9.17) is 4.74 Å². The standard InChI is InChI=1S/C22H23N3O4/c1-14(2)12-25-21(27)18-7-5-4-6-17(18)20(24-25)22(28)29-13-19(26)23-16-10-8-15(3)9-11-16/h4-11,14H,12-13H2,1-3H3,(H,23,26). The number of nitrogens with zero attached hydrogens (tertiary/aromatic N) is 2. The lowest BCUT2D eigenvalue weighted by molar-refractivity contribution is -0.119. The molecule has 2 aromatic carbocycles. The van der Waals surface area contributed by atoms with Crippen LogP contribution in [-0.4, -0.2) is 28.3 Å². The van der Waals surface area contributed by atoms with Crippen molar-refractivity contribution < 1.29 is 14.3 Å². The Morgan fingerprint density at radius 2 is 1.72 bits per heavy atom. The second-order valence-corrected chi connectivity index (χ2v) is 7.27. The number of hydrogen-bond acceptors (Lipinski definition) is 5. The monoisotopic (exact) mass is 393 g/mol. The van der Waals surface area contributed by atoms with Crippen LogP contribution < -0.4 is 10.9 Å². The van der Waals surface area contributed by atoms with Gasteiger partial charge in [-0.25, -0.2) is 9.48 Å². The predicted octanol–water partition coefficient (Wildman–Crippen LogP) is 3.16. The average molecular weight is 393 g/mol. The molecule has 0 spiro atoms. The molecular formula is C22H23N3O4. The second kappa shape index (κ2) is 8.68. The molecule has 0 fully saturated rings. The Labute approximate surface area is 168 Å². The maximum Gasteiger partial charge on any atom is 0.359 e. The Bertz CT molecular complexity index is 1100. The highest BCUT2D eigenvalue weighted by atomic mass is 16.5. The molecule has 1 amide bonds. The zero-order valence-electron chi connectivity index (χ0n) is 16.6. The van der Waals surface area contributed by atoms with E-state index in [0.717, 1.165) is 5.56 Å². The highest BCUT2D eigenvalue weighted by Crippen LogP contribution is 2.15. The van der Waals surface area contributed by atoms with Crippen molar-refractivity contribution in [3.05, 3.63) is 70.1 Å². The fraction of sp³-hybridized carbons (Fsp3) is 0.273. The highest BCUT2D eigenvalue weighted by Gasteiger charge is 2.19. The van der Waals surface area contributed by atoms with Crippen LogP contribution in [0.1, 0.15) is 29.9 Å². The summed E-state index contributed by atoms with van der Waals surface area (Å²) in [4.78, 5) is 37.3. The number of aromatic nitrogens is 2. The number of aryl methyl sites for hydroxylation is 1. The smallest absolute Gasteiger partial charge is 0.359 e. The van der Waals surface area contributed by atoms with Gasteiger partial charge in [0.1, 0.15) is 0 Å². The van der Waals surface area contributed by atoms with E-state index in [2.05, 4.69) is 10.4 Å². The highest BCUT2D eigenvalue weighted by molar-refractivity contribution is 6.03. The van der Waals surface area contributed by atoms with E-state index in [9.17, 15) is 14.4 Å². The Balaban J connectivity index is 1.79. The van der Waals surface area contributed by atoms with Gasteiger partial charge >= 0.3 is 5.97 Å². The van der Waals surface area contributed by atoms with Crippen LogP contribution in [0.2, 0.25) is 0 Å². The summed E-state index contributed by atoms with van der Waals surface area (Å²) in [5.41, 5.74) is 1.45. The molecule has 0 saturated heterocycles. The largest absolute Gasteiger partial charge is 0.451 e. The van der Waals surface area contributed by atoms with Gasteiger partial charge in [-0.3, -0.25) is 9.59 Å². The van der Waals surface area contributed by atoms with Crippen molar-refractivity contribution in [2.75, 3.05) is 11.9 Å².